The van der Waals surface area contributed by atoms with Crippen LogP contribution in [0.5, 0.6) is 5.75 Å². The highest BCUT2D eigenvalue weighted by atomic mass is 16.6. The lowest BCUT2D eigenvalue weighted by Gasteiger charge is -2.07. The van der Waals surface area contributed by atoms with Gasteiger partial charge in [0.25, 0.3) is 5.91 Å². The Morgan fingerprint density at radius 1 is 0.966 bits per heavy atom. The predicted molar refractivity (Wildman–Crippen MR) is 111 cm³/mol. The Bertz CT molecular complexity index is 1030. The quantitative estimate of drug-likeness (QED) is 0.373. The monoisotopic (exact) mass is 389 g/mol. The van der Waals surface area contributed by atoms with Gasteiger partial charge in [-0.15, -0.1) is 0 Å². The summed E-state index contributed by atoms with van der Waals surface area (Å²) in [6, 6.07) is 23.7. The first-order valence-electron chi connectivity index (χ1n) is 8.90. The van der Waals surface area contributed by atoms with Gasteiger partial charge in [-0.25, -0.2) is 5.43 Å². The van der Waals surface area contributed by atoms with Gasteiger partial charge in [0.1, 0.15) is 0 Å². The number of nitro groups is 1. The molecule has 7 nitrogen and oxygen atoms in total. The van der Waals surface area contributed by atoms with Crippen LogP contribution >= 0.6 is 0 Å². The molecule has 0 radical (unpaired) electrons. The Morgan fingerprint density at radius 2 is 1.59 bits per heavy atom. The molecule has 3 aromatic carbocycles. The minimum Gasteiger partial charge on any atom is -0.477 e. The maximum atomic E-state index is 12.0. The molecular formula is C22H19N3O4. The third kappa shape index (κ3) is 5.26. The molecule has 0 heterocycles. The molecule has 0 aliphatic carbocycles. The average molecular weight is 389 g/mol. The molecule has 0 saturated carbocycles. The van der Waals surface area contributed by atoms with E-state index < -0.39 is 10.8 Å². The Labute approximate surface area is 167 Å². The molecule has 3 rings (SSSR count). The van der Waals surface area contributed by atoms with Crippen molar-refractivity contribution >= 4 is 17.3 Å². The standard InChI is InChI=1S/C22H19N3O4/c1-16(17-11-13-19(14-12-17)18-7-3-2-4-8-18)23-24-22(26)15-29-21-10-6-5-9-20(21)25(27)28/h2-14H,15H2,1H3,(H,24,26)/b23-16+. The van der Waals surface area contributed by atoms with E-state index in [1.807, 2.05) is 54.6 Å². The van der Waals surface area contributed by atoms with Crippen LogP contribution in [0, 0.1) is 10.1 Å². The smallest absolute Gasteiger partial charge is 0.310 e. The number of carbonyl (C=O) groups excluding carboxylic acids is 1. The lowest BCUT2D eigenvalue weighted by atomic mass is 10.0. The van der Waals surface area contributed by atoms with E-state index in [2.05, 4.69) is 10.5 Å². The van der Waals surface area contributed by atoms with Crippen LogP contribution in [-0.2, 0) is 4.79 Å². The Kier molecular flexibility index (Phi) is 6.32. The summed E-state index contributed by atoms with van der Waals surface area (Å²) in [4.78, 5) is 22.4. The van der Waals surface area contributed by atoms with Gasteiger partial charge in [-0.2, -0.15) is 5.10 Å². The van der Waals surface area contributed by atoms with E-state index >= 15 is 0 Å². The summed E-state index contributed by atoms with van der Waals surface area (Å²) in [6.45, 7) is 1.40. The number of nitrogens with zero attached hydrogens (tertiary/aromatic N) is 2. The zero-order chi connectivity index (χ0) is 20.6. The van der Waals surface area contributed by atoms with Crippen molar-refractivity contribution in [3.63, 3.8) is 0 Å². The van der Waals surface area contributed by atoms with Crippen LogP contribution < -0.4 is 10.2 Å². The molecule has 0 saturated heterocycles. The molecular weight excluding hydrogens is 370 g/mol. The van der Waals surface area contributed by atoms with Crippen molar-refractivity contribution in [2.75, 3.05) is 6.61 Å². The van der Waals surface area contributed by atoms with Crippen LogP contribution in [0.4, 0.5) is 5.69 Å². The molecule has 7 heteroatoms. The second-order valence-corrected chi connectivity index (χ2v) is 6.19. The fourth-order valence-electron chi connectivity index (χ4n) is 2.65. The summed E-state index contributed by atoms with van der Waals surface area (Å²) >= 11 is 0. The fraction of sp³-hybridized carbons (Fsp3) is 0.0909. The highest BCUT2D eigenvalue weighted by Gasteiger charge is 2.14. The number of carbonyl (C=O) groups is 1. The van der Waals surface area contributed by atoms with Crippen LogP contribution in [0.2, 0.25) is 0 Å². The van der Waals surface area contributed by atoms with Crippen molar-refractivity contribution in [3.8, 4) is 16.9 Å². The molecule has 0 bridgehead atoms. The van der Waals surface area contributed by atoms with Crippen LogP contribution in [0.15, 0.2) is 84.0 Å². The van der Waals surface area contributed by atoms with Gasteiger partial charge in [-0.1, -0.05) is 66.7 Å². The number of nitro benzene ring substituents is 1. The van der Waals surface area contributed by atoms with Crippen molar-refractivity contribution in [1.29, 1.82) is 0 Å². The first-order chi connectivity index (χ1) is 14.0. The molecule has 0 fully saturated rings. The maximum absolute atomic E-state index is 12.0. The molecule has 1 amide bonds. The third-order valence-corrected chi connectivity index (χ3v) is 4.18. The second kappa shape index (κ2) is 9.27. The zero-order valence-electron chi connectivity index (χ0n) is 15.7. The molecule has 0 atom stereocenters. The molecule has 0 unspecified atom stereocenters. The molecule has 1 N–H and O–H groups in total. The Morgan fingerprint density at radius 3 is 2.28 bits per heavy atom. The molecule has 0 aromatic heterocycles. The lowest BCUT2D eigenvalue weighted by Crippen LogP contribution is -2.25. The third-order valence-electron chi connectivity index (χ3n) is 4.18. The summed E-state index contributed by atoms with van der Waals surface area (Å²) in [5, 5.41) is 15.0. The summed E-state index contributed by atoms with van der Waals surface area (Å²) in [6.07, 6.45) is 0. The highest BCUT2D eigenvalue weighted by molar-refractivity contribution is 5.99. The van der Waals surface area contributed by atoms with Gasteiger partial charge < -0.3 is 4.74 Å². The summed E-state index contributed by atoms with van der Waals surface area (Å²) in [5.74, 6) is -0.478. The maximum Gasteiger partial charge on any atom is 0.310 e. The molecule has 3 aromatic rings. The number of rotatable bonds is 7. The van der Waals surface area contributed by atoms with Crippen molar-refractivity contribution in [2.45, 2.75) is 6.92 Å². The Balaban J connectivity index is 1.58. The van der Waals surface area contributed by atoms with Gasteiger partial charge in [0.05, 0.1) is 10.6 Å². The van der Waals surface area contributed by atoms with Crippen LogP contribution in [0.1, 0.15) is 12.5 Å². The number of ether oxygens (including phenoxy) is 1. The van der Waals surface area contributed by atoms with E-state index in [4.69, 9.17) is 4.74 Å². The van der Waals surface area contributed by atoms with E-state index in [0.29, 0.717) is 5.71 Å². The SMILES string of the molecule is C/C(=N\NC(=O)COc1ccccc1[N+](=O)[O-])c1ccc(-c2ccccc2)cc1. The minimum atomic E-state index is -0.561. The molecule has 146 valence electrons. The van der Waals surface area contributed by atoms with Crippen molar-refractivity contribution in [3.05, 3.63) is 94.5 Å². The molecule has 0 aliphatic rings. The van der Waals surface area contributed by atoms with Crippen LogP contribution in [-0.4, -0.2) is 23.1 Å². The normalized spacial score (nSPS) is 11.0. The van der Waals surface area contributed by atoms with Gasteiger partial charge in [0.2, 0.25) is 0 Å². The summed E-state index contributed by atoms with van der Waals surface area (Å²) in [7, 11) is 0. The number of hydrazone groups is 1. The molecule has 29 heavy (non-hydrogen) atoms. The van der Waals surface area contributed by atoms with E-state index in [-0.39, 0.29) is 18.0 Å². The fourth-order valence-corrected chi connectivity index (χ4v) is 2.65. The first kappa shape index (κ1) is 19.8. The summed E-state index contributed by atoms with van der Waals surface area (Å²) in [5.41, 5.74) is 5.90. The van der Waals surface area contributed by atoms with Crippen molar-refractivity contribution < 1.29 is 14.5 Å². The van der Waals surface area contributed by atoms with Crippen molar-refractivity contribution in [1.82, 2.24) is 5.43 Å². The number of hydrogen-bond donors (Lipinski definition) is 1. The van der Waals surface area contributed by atoms with Crippen LogP contribution in [0.25, 0.3) is 11.1 Å². The predicted octanol–water partition coefficient (Wildman–Crippen LogP) is 4.18. The highest BCUT2D eigenvalue weighted by Crippen LogP contribution is 2.25. The number of para-hydroxylation sites is 2. The van der Waals surface area contributed by atoms with E-state index in [0.717, 1.165) is 16.7 Å². The van der Waals surface area contributed by atoms with E-state index in [1.54, 1.807) is 13.0 Å². The zero-order valence-corrected chi connectivity index (χ0v) is 15.7. The number of benzene rings is 3. The van der Waals surface area contributed by atoms with Gasteiger partial charge in [-0.3, -0.25) is 14.9 Å². The van der Waals surface area contributed by atoms with Gasteiger partial charge >= 0.3 is 5.69 Å². The van der Waals surface area contributed by atoms with E-state index in [9.17, 15) is 14.9 Å². The van der Waals surface area contributed by atoms with Gasteiger partial charge in [0.15, 0.2) is 12.4 Å². The molecule has 0 aliphatic heterocycles. The number of hydrogen-bond acceptors (Lipinski definition) is 5. The van der Waals surface area contributed by atoms with Gasteiger partial charge in [-0.05, 0) is 29.7 Å². The van der Waals surface area contributed by atoms with E-state index in [1.165, 1.54) is 18.2 Å². The van der Waals surface area contributed by atoms with Crippen molar-refractivity contribution in [2.24, 2.45) is 5.10 Å². The molecule has 0 spiro atoms. The lowest BCUT2D eigenvalue weighted by molar-refractivity contribution is -0.385. The largest absolute Gasteiger partial charge is 0.477 e. The first-order valence-corrected chi connectivity index (χ1v) is 8.90. The second-order valence-electron chi connectivity index (χ2n) is 6.19. The number of amides is 1. The van der Waals surface area contributed by atoms with Gasteiger partial charge in [0, 0.05) is 6.07 Å². The average Bonchev–Trinajstić information content (AvgIpc) is 2.77. The summed E-state index contributed by atoms with van der Waals surface area (Å²) < 4.78 is 5.24. The minimum absolute atomic E-state index is 0.0323. The van der Waals surface area contributed by atoms with Crippen LogP contribution in [0.3, 0.4) is 0 Å². The Hall–Kier alpha value is -4.00. The number of nitrogens with one attached hydrogen (secondary N) is 1. The topological polar surface area (TPSA) is 93.8 Å².